The molecule has 1 heterocycles. The number of rotatable bonds is 4. The number of ether oxygens (including phenoxy) is 2. The molecule has 118 valence electrons. The van der Waals surface area contributed by atoms with Crippen LogP contribution in [-0.2, 0) is 16.0 Å². The number of H-pyrrole nitrogens is 1. The molecule has 2 aromatic rings. The summed E-state index contributed by atoms with van der Waals surface area (Å²) in [6, 6.07) is 4.51. The van der Waals surface area contributed by atoms with E-state index in [-0.39, 0.29) is 18.4 Å². The second kappa shape index (κ2) is 6.08. The van der Waals surface area contributed by atoms with Gasteiger partial charge >= 0.3 is 12.3 Å². The number of carbonyl (C=O) groups excluding carboxylic acids is 1. The molecule has 0 saturated heterocycles. The van der Waals surface area contributed by atoms with Crippen LogP contribution in [0.4, 0.5) is 13.2 Å². The predicted octanol–water partition coefficient (Wildman–Crippen LogP) is 2.53. The SMILES string of the molecule is CCOC(=O)Cc1cc(=O)c2cc(OC(F)(F)F)ccc2[nH]1. The molecule has 0 aliphatic carbocycles. The van der Waals surface area contributed by atoms with Gasteiger partial charge in [0.1, 0.15) is 5.75 Å². The van der Waals surface area contributed by atoms with Crippen LogP contribution < -0.4 is 10.2 Å². The first kappa shape index (κ1) is 15.9. The number of benzene rings is 1. The summed E-state index contributed by atoms with van der Waals surface area (Å²) in [4.78, 5) is 26.1. The van der Waals surface area contributed by atoms with Crippen LogP contribution in [0.1, 0.15) is 12.6 Å². The van der Waals surface area contributed by atoms with Crippen LogP contribution in [0.5, 0.6) is 5.75 Å². The number of aromatic nitrogens is 1. The maximum Gasteiger partial charge on any atom is 0.573 e. The summed E-state index contributed by atoms with van der Waals surface area (Å²) in [5.41, 5.74) is 0.113. The topological polar surface area (TPSA) is 68.4 Å². The molecule has 0 fully saturated rings. The highest BCUT2D eigenvalue weighted by molar-refractivity contribution is 5.81. The van der Waals surface area contributed by atoms with Gasteiger partial charge in [0.25, 0.3) is 0 Å². The molecule has 0 aliphatic heterocycles. The zero-order valence-electron chi connectivity index (χ0n) is 11.5. The van der Waals surface area contributed by atoms with E-state index in [1.54, 1.807) is 6.92 Å². The third kappa shape index (κ3) is 4.00. The van der Waals surface area contributed by atoms with Crippen LogP contribution >= 0.6 is 0 Å². The zero-order chi connectivity index (χ0) is 16.3. The number of nitrogens with one attached hydrogen (secondary N) is 1. The number of fused-ring (bicyclic) bond motifs is 1. The van der Waals surface area contributed by atoms with Crippen LogP contribution in [0.2, 0.25) is 0 Å². The predicted molar refractivity (Wildman–Crippen MR) is 71.6 cm³/mol. The van der Waals surface area contributed by atoms with Crippen LogP contribution in [-0.4, -0.2) is 23.9 Å². The molecular formula is C14H12F3NO4. The first-order valence-corrected chi connectivity index (χ1v) is 6.36. The van der Waals surface area contributed by atoms with Crippen molar-refractivity contribution in [2.75, 3.05) is 6.61 Å². The highest BCUT2D eigenvalue weighted by Gasteiger charge is 2.31. The molecule has 1 aromatic heterocycles. The molecule has 0 aliphatic rings. The van der Waals surface area contributed by atoms with E-state index in [1.807, 2.05) is 0 Å². The van der Waals surface area contributed by atoms with Crippen LogP contribution in [0.25, 0.3) is 10.9 Å². The van der Waals surface area contributed by atoms with Gasteiger partial charge in [-0.05, 0) is 25.1 Å². The molecule has 2 rings (SSSR count). The third-order valence-electron chi connectivity index (χ3n) is 2.73. The standard InChI is InChI=1S/C14H12F3NO4/c1-2-21-13(20)6-8-5-12(19)10-7-9(22-14(15,16)17)3-4-11(10)18-8/h3-5,7H,2,6H2,1H3,(H,18,19). The van der Waals surface area contributed by atoms with Crippen molar-refractivity contribution in [3.63, 3.8) is 0 Å². The molecule has 0 unspecified atom stereocenters. The quantitative estimate of drug-likeness (QED) is 0.880. The van der Waals surface area contributed by atoms with Gasteiger partial charge in [-0.3, -0.25) is 9.59 Å². The average Bonchev–Trinajstić information content (AvgIpc) is 2.38. The molecule has 1 aromatic carbocycles. The van der Waals surface area contributed by atoms with Crippen LogP contribution in [0.15, 0.2) is 29.1 Å². The molecule has 0 radical (unpaired) electrons. The van der Waals surface area contributed by atoms with Gasteiger partial charge in [-0.25, -0.2) is 0 Å². The molecule has 0 amide bonds. The smallest absolute Gasteiger partial charge is 0.466 e. The van der Waals surface area contributed by atoms with Gasteiger partial charge in [-0.1, -0.05) is 0 Å². The van der Waals surface area contributed by atoms with E-state index in [2.05, 4.69) is 9.72 Å². The van der Waals surface area contributed by atoms with Gasteiger partial charge in [0.15, 0.2) is 5.43 Å². The Balaban J connectivity index is 2.35. The molecule has 0 atom stereocenters. The van der Waals surface area contributed by atoms with Gasteiger partial charge in [-0.15, -0.1) is 13.2 Å². The summed E-state index contributed by atoms with van der Waals surface area (Å²) < 4.78 is 45.0. The fourth-order valence-corrected chi connectivity index (χ4v) is 1.94. The Morgan fingerprint density at radius 1 is 1.27 bits per heavy atom. The lowest BCUT2D eigenvalue weighted by Gasteiger charge is -2.10. The molecule has 8 heteroatoms. The Hall–Kier alpha value is -2.51. The Morgan fingerprint density at radius 3 is 2.64 bits per heavy atom. The van der Waals surface area contributed by atoms with E-state index in [9.17, 15) is 22.8 Å². The molecule has 5 nitrogen and oxygen atoms in total. The van der Waals surface area contributed by atoms with Crippen molar-refractivity contribution in [1.29, 1.82) is 0 Å². The maximum atomic E-state index is 12.2. The molecular weight excluding hydrogens is 303 g/mol. The lowest BCUT2D eigenvalue weighted by molar-refractivity contribution is -0.274. The summed E-state index contributed by atoms with van der Waals surface area (Å²) in [5.74, 6) is -0.988. The van der Waals surface area contributed by atoms with E-state index in [0.717, 1.165) is 18.2 Å². The highest BCUT2D eigenvalue weighted by atomic mass is 19.4. The second-order valence-electron chi connectivity index (χ2n) is 4.40. The molecule has 0 bridgehead atoms. The Morgan fingerprint density at radius 2 is 2.00 bits per heavy atom. The van der Waals surface area contributed by atoms with Gasteiger partial charge in [0, 0.05) is 22.7 Å². The van der Waals surface area contributed by atoms with Crippen molar-refractivity contribution in [2.45, 2.75) is 19.7 Å². The fourth-order valence-electron chi connectivity index (χ4n) is 1.94. The number of hydrogen-bond acceptors (Lipinski definition) is 4. The van der Waals surface area contributed by atoms with E-state index < -0.39 is 23.5 Å². The summed E-state index contributed by atoms with van der Waals surface area (Å²) >= 11 is 0. The minimum Gasteiger partial charge on any atom is -0.466 e. The van der Waals surface area contributed by atoms with Crippen molar-refractivity contribution in [2.24, 2.45) is 0 Å². The summed E-state index contributed by atoms with van der Waals surface area (Å²) in [6.07, 6.45) is -4.95. The minimum absolute atomic E-state index is 0.0364. The number of halogens is 3. The van der Waals surface area contributed by atoms with Crippen LogP contribution in [0, 0.1) is 0 Å². The minimum atomic E-state index is -4.83. The van der Waals surface area contributed by atoms with Crippen molar-refractivity contribution >= 4 is 16.9 Å². The Kier molecular flexibility index (Phi) is 4.39. The average molecular weight is 315 g/mol. The Bertz CT molecular complexity index is 752. The van der Waals surface area contributed by atoms with E-state index in [1.165, 1.54) is 6.07 Å². The van der Waals surface area contributed by atoms with Crippen molar-refractivity contribution < 1.29 is 27.4 Å². The van der Waals surface area contributed by atoms with Crippen LogP contribution in [0.3, 0.4) is 0 Å². The molecule has 1 N–H and O–H groups in total. The van der Waals surface area contributed by atoms with Gasteiger partial charge < -0.3 is 14.5 Å². The number of hydrogen-bond donors (Lipinski definition) is 1. The number of alkyl halides is 3. The van der Waals surface area contributed by atoms with E-state index >= 15 is 0 Å². The van der Waals surface area contributed by atoms with Gasteiger partial charge in [0.05, 0.1) is 13.0 Å². The lowest BCUT2D eigenvalue weighted by atomic mass is 10.1. The molecule has 0 spiro atoms. The number of carbonyl (C=O) groups is 1. The Labute approximate surface area is 122 Å². The monoisotopic (exact) mass is 315 g/mol. The number of pyridine rings is 1. The third-order valence-corrected chi connectivity index (χ3v) is 2.73. The van der Waals surface area contributed by atoms with Crippen molar-refractivity contribution in [3.8, 4) is 5.75 Å². The van der Waals surface area contributed by atoms with E-state index in [4.69, 9.17) is 4.74 Å². The van der Waals surface area contributed by atoms with E-state index in [0.29, 0.717) is 11.2 Å². The number of esters is 1. The van der Waals surface area contributed by atoms with Crippen molar-refractivity contribution in [3.05, 3.63) is 40.2 Å². The normalized spacial score (nSPS) is 11.5. The zero-order valence-corrected chi connectivity index (χ0v) is 11.5. The molecule has 0 saturated carbocycles. The lowest BCUT2D eigenvalue weighted by Crippen LogP contribution is -2.17. The first-order valence-electron chi connectivity index (χ1n) is 6.36. The molecule has 22 heavy (non-hydrogen) atoms. The fraction of sp³-hybridized carbons (Fsp3) is 0.286. The second-order valence-corrected chi connectivity index (χ2v) is 4.40. The number of aromatic amines is 1. The summed E-state index contributed by atoms with van der Waals surface area (Å²) in [5, 5.41) is 0.0364. The van der Waals surface area contributed by atoms with Gasteiger partial charge in [0.2, 0.25) is 0 Å². The summed E-state index contributed by atoms with van der Waals surface area (Å²) in [7, 11) is 0. The van der Waals surface area contributed by atoms with Crippen molar-refractivity contribution in [1.82, 2.24) is 4.98 Å². The first-order chi connectivity index (χ1) is 10.3. The van der Waals surface area contributed by atoms with Gasteiger partial charge in [-0.2, -0.15) is 0 Å². The highest BCUT2D eigenvalue weighted by Crippen LogP contribution is 2.24. The maximum absolute atomic E-state index is 12.2. The largest absolute Gasteiger partial charge is 0.573 e. The summed E-state index contributed by atoms with van der Waals surface area (Å²) in [6.45, 7) is 1.87.